The average molecular weight is 308 g/mol. The summed E-state index contributed by atoms with van der Waals surface area (Å²) in [5.74, 6) is 1.49. The van der Waals surface area contributed by atoms with E-state index in [1.54, 1.807) is 11.8 Å². The fourth-order valence-corrected chi connectivity index (χ4v) is 2.77. The lowest BCUT2D eigenvalue weighted by Gasteiger charge is -2.13. The molecular formula is C19H24N4. The van der Waals surface area contributed by atoms with Crippen LogP contribution in [0.1, 0.15) is 37.7 Å². The van der Waals surface area contributed by atoms with Crippen LogP contribution in [0.5, 0.6) is 0 Å². The van der Waals surface area contributed by atoms with Crippen molar-refractivity contribution in [3.8, 4) is 0 Å². The van der Waals surface area contributed by atoms with Gasteiger partial charge >= 0.3 is 0 Å². The number of anilines is 3. The highest BCUT2D eigenvalue weighted by molar-refractivity contribution is 5.55. The van der Waals surface area contributed by atoms with Crippen molar-refractivity contribution in [3.63, 3.8) is 0 Å². The smallest absolute Gasteiger partial charge is 0.229 e. The summed E-state index contributed by atoms with van der Waals surface area (Å²) in [6.45, 7) is 3.00. The normalized spacial score (nSPS) is 14.2. The molecule has 1 heterocycles. The van der Waals surface area contributed by atoms with E-state index < -0.39 is 0 Å². The third kappa shape index (κ3) is 4.81. The van der Waals surface area contributed by atoms with E-state index in [-0.39, 0.29) is 0 Å². The topological polar surface area (TPSA) is 49.8 Å². The standard InChI is InChI=1S/C19H24N4/c1-15-7-9-17(10-8-15)22-19-21-14-12-18(23-19)20-13-11-16-5-3-2-4-6-16/h5,7-10,12,14H,2-4,6,11,13H2,1H3,(H2,20,21,22,23). The monoisotopic (exact) mass is 308 g/mol. The SMILES string of the molecule is Cc1ccc(Nc2nccc(NCCC3=CCCCC3)n2)cc1. The van der Waals surface area contributed by atoms with Crippen molar-refractivity contribution in [3.05, 3.63) is 53.7 Å². The second-order valence-corrected chi connectivity index (χ2v) is 6.04. The third-order valence-electron chi connectivity index (χ3n) is 4.10. The van der Waals surface area contributed by atoms with Crippen molar-refractivity contribution in [2.24, 2.45) is 0 Å². The van der Waals surface area contributed by atoms with E-state index in [4.69, 9.17) is 0 Å². The molecule has 0 spiro atoms. The van der Waals surface area contributed by atoms with Gasteiger partial charge in [-0.1, -0.05) is 29.3 Å². The number of rotatable bonds is 6. The van der Waals surface area contributed by atoms with Gasteiger partial charge in [0.05, 0.1) is 0 Å². The van der Waals surface area contributed by atoms with Gasteiger partial charge in [0, 0.05) is 18.4 Å². The molecule has 0 saturated heterocycles. The van der Waals surface area contributed by atoms with Crippen molar-refractivity contribution in [1.29, 1.82) is 0 Å². The van der Waals surface area contributed by atoms with Crippen molar-refractivity contribution in [1.82, 2.24) is 9.97 Å². The Morgan fingerprint density at radius 3 is 2.74 bits per heavy atom. The Morgan fingerprint density at radius 2 is 1.96 bits per heavy atom. The molecule has 1 aromatic carbocycles. The molecule has 4 heteroatoms. The summed E-state index contributed by atoms with van der Waals surface area (Å²) in [5.41, 5.74) is 3.82. The minimum Gasteiger partial charge on any atom is -0.370 e. The summed E-state index contributed by atoms with van der Waals surface area (Å²) in [4.78, 5) is 8.80. The van der Waals surface area contributed by atoms with E-state index in [0.29, 0.717) is 5.95 Å². The van der Waals surface area contributed by atoms with Gasteiger partial charge in [-0.25, -0.2) is 4.98 Å². The molecule has 0 fully saturated rings. The predicted octanol–water partition coefficient (Wildman–Crippen LogP) is 4.83. The lowest BCUT2D eigenvalue weighted by Crippen LogP contribution is -2.07. The van der Waals surface area contributed by atoms with Crippen molar-refractivity contribution < 1.29 is 0 Å². The Kier molecular flexibility index (Phi) is 5.25. The van der Waals surface area contributed by atoms with E-state index in [9.17, 15) is 0 Å². The highest BCUT2D eigenvalue weighted by atomic mass is 15.1. The van der Waals surface area contributed by atoms with E-state index in [0.717, 1.165) is 24.5 Å². The van der Waals surface area contributed by atoms with Gasteiger partial charge < -0.3 is 10.6 Å². The number of nitrogens with zero attached hydrogens (tertiary/aromatic N) is 2. The summed E-state index contributed by atoms with van der Waals surface area (Å²) in [6.07, 6.45) is 10.5. The Hall–Kier alpha value is -2.36. The maximum atomic E-state index is 4.52. The lowest BCUT2D eigenvalue weighted by molar-refractivity contribution is 0.679. The van der Waals surface area contributed by atoms with Crippen molar-refractivity contribution in [2.75, 3.05) is 17.2 Å². The third-order valence-corrected chi connectivity index (χ3v) is 4.10. The molecule has 23 heavy (non-hydrogen) atoms. The quantitative estimate of drug-likeness (QED) is 0.750. The molecule has 1 aromatic heterocycles. The second-order valence-electron chi connectivity index (χ2n) is 6.04. The molecule has 1 aliphatic carbocycles. The van der Waals surface area contributed by atoms with E-state index in [2.05, 4.69) is 45.7 Å². The average Bonchev–Trinajstić information content (AvgIpc) is 2.58. The summed E-state index contributed by atoms with van der Waals surface area (Å²) >= 11 is 0. The first-order valence-corrected chi connectivity index (χ1v) is 8.38. The number of aromatic nitrogens is 2. The van der Waals surface area contributed by atoms with E-state index in [1.807, 2.05) is 18.2 Å². The fraction of sp³-hybridized carbons (Fsp3) is 0.368. The minimum atomic E-state index is 0.621. The molecule has 2 aromatic rings. The first-order chi connectivity index (χ1) is 11.3. The van der Waals surface area contributed by atoms with Crippen LogP contribution in [0.2, 0.25) is 0 Å². The molecule has 0 unspecified atom stereocenters. The van der Waals surface area contributed by atoms with Gasteiger partial charge in [0.2, 0.25) is 5.95 Å². The first-order valence-electron chi connectivity index (χ1n) is 8.38. The highest BCUT2D eigenvalue weighted by Gasteiger charge is 2.04. The van der Waals surface area contributed by atoms with Crippen LogP contribution in [-0.4, -0.2) is 16.5 Å². The minimum absolute atomic E-state index is 0.621. The number of nitrogens with one attached hydrogen (secondary N) is 2. The summed E-state index contributed by atoms with van der Waals surface area (Å²) in [6, 6.07) is 10.1. The van der Waals surface area contributed by atoms with Gasteiger partial charge in [0.1, 0.15) is 5.82 Å². The molecule has 120 valence electrons. The van der Waals surface area contributed by atoms with Crippen LogP contribution < -0.4 is 10.6 Å². The largest absolute Gasteiger partial charge is 0.370 e. The van der Waals surface area contributed by atoms with Crippen LogP contribution in [-0.2, 0) is 0 Å². The summed E-state index contributed by atoms with van der Waals surface area (Å²) < 4.78 is 0. The predicted molar refractivity (Wildman–Crippen MR) is 96.2 cm³/mol. The zero-order valence-electron chi connectivity index (χ0n) is 13.7. The molecule has 0 atom stereocenters. The van der Waals surface area contributed by atoms with Crippen LogP contribution in [0, 0.1) is 6.92 Å². The Morgan fingerprint density at radius 1 is 1.09 bits per heavy atom. The second kappa shape index (κ2) is 7.77. The van der Waals surface area contributed by atoms with Gasteiger partial charge in [0.25, 0.3) is 0 Å². The van der Waals surface area contributed by atoms with E-state index >= 15 is 0 Å². The number of hydrogen-bond acceptors (Lipinski definition) is 4. The molecular weight excluding hydrogens is 284 g/mol. The van der Waals surface area contributed by atoms with Gasteiger partial charge in [-0.2, -0.15) is 4.98 Å². The highest BCUT2D eigenvalue weighted by Crippen LogP contribution is 2.20. The molecule has 4 nitrogen and oxygen atoms in total. The Bertz CT molecular complexity index is 661. The summed E-state index contributed by atoms with van der Waals surface area (Å²) in [7, 11) is 0. The zero-order chi connectivity index (χ0) is 15.9. The fourth-order valence-electron chi connectivity index (χ4n) is 2.77. The maximum Gasteiger partial charge on any atom is 0.229 e. The van der Waals surface area contributed by atoms with E-state index in [1.165, 1.54) is 31.2 Å². The molecule has 0 bridgehead atoms. The number of aryl methyl sites for hydroxylation is 1. The van der Waals surface area contributed by atoms with Crippen molar-refractivity contribution in [2.45, 2.75) is 39.0 Å². The summed E-state index contributed by atoms with van der Waals surface area (Å²) in [5, 5.41) is 6.63. The maximum absolute atomic E-state index is 4.52. The van der Waals surface area contributed by atoms with Gasteiger partial charge in [0.15, 0.2) is 0 Å². The molecule has 0 saturated carbocycles. The molecule has 0 amide bonds. The Balaban J connectivity index is 1.54. The number of hydrogen-bond donors (Lipinski definition) is 2. The molecule has 0 radical (unpaired) electrons. The lowest BCUT2D eigenvalue weighted by atomic mass is 9.97. The van der Waals surface area contributed by atoms with Crippen LogP contribution in [0.25, 0.3) is 0 Å². The number of allylic oxidation sites excluding steroid dienone is 1. The van der Waals surface area contributed by atoms with Crippen LogP contribution >= 0.6 is 0 Å². The Labute approximate surface area is 138 Å². The zero-order valence-corrected chi connectivity index (χ0v) is 13.7. The first kappa shape index (κ1) is 15.5. The van der Waals surface area contributed by atoms with Crippen molar-refractivity contribution >= 4 is 17.5 Å². The molecule has 3 rings (SSSR count). The van der Waals surface area contributed by atoms with Crippen LogP contribution in [0.3, 0.4) is 0 Å². The van der Waals surface area contributed by atoms with Gasteiger partial charge in [-0.05, 0) is 57.2 Å². The van der Waals surface area contributed by atoms with Crippen LogP contribution in [0.4, 0.5) is 17.5 Å². The van der Waals surface area contributed by atoms with Gasteiger partial charge in [-0.3, -0.25) is 0 Å². The molecule has 0 aliphatic heterocycles. The van der Waals surface area contributed by atoms with Crippen LogP contribution in [0.15, 0.2) is 48.2 Å². The molecule has 1 aliphatic rings. The van der Waals surface area contributed by atoms with Gasteiger partial charge in [-0.15, -0.1) is 0 Å². The number of benzene rings is 1. The molecule has 2 N–H and O–H groups in total.